The molecule has 3 N–H and O–H groups in total. The summed E-state index contributed by atoms with van der Waals surface area (Å²) < 4.78 is 0. The fourth-order valence-corrected chi connectivity index (χ4v) is 3.31. The van der Waals surface area contributed by atoms with Crippen molar-refractivity contribution in [2.75, 3.05) is 18.0 Å². The maximum atomic E-state index is 12.3. The van der Waals surface area contributed by atoms with Crippen molar-refractivity contribution in [2.24, 2.45) is 5.73 Å². The largest absolute Gasteiger partial charge is 0.369 e. The SMILES string of the molecule is NC1(C(=O)NC2CCN(c3ccccc3)C2)CCCC1. The van der Waals surface area contributed by atoms with Gasteiger partial charge in [-0.25, -0.2) is 0 Å². The molecule has 3 rings (SSSR count). The van der Waals surface area contributed by atoms with Crippen LogP contribution in [0.15, 0.2) is 30.3 Å². The molecule has 4 nitrogen and oxygen atoms in total. The molecule has 1 amide bonds. The fourth-order valence-electron chi connectivity index (χ4n) is 3.31. The standard InChI is InChI=1S/C16H23N3O/c17-16(9-4-5-10-16)15(20)18-13-8-11-19(12-13)14-6-2-1-3-7-14/h1-3,6-7,13H,4-5,8-12,17H2,(H,18,20). The number of carbonyl (C=O) groups excluding carboxylic acids is 1. The molecular formula is C16H23N3O. The van der Waals surface area contributed by atoms with E-state index in [4.69, 9.17) is 5.73 Å². The summed E-state index contributed by atoms with van der Waals surface area (Å²) in [7, 11) is 0. The van der Waals surface area contributed by atoms with Gasteiger partial charge in [-0.15, -0.1) is 0 Å². The first kappa shape index (κ1) is 13.4. The van der Waals surface area contributed by atoms with Crippen molar-refractivity contribution >= 4 is 11.6 Å². The van der Waals surface area contributed by atoms with E-state index in [-0.39, 0.29) is 11.9 Å². The maximum absolute atomic E-state index is 12.3. The lowest BCUT2D eigenvalue weighted by Gasteiger charge is -2.25. The second kappa shape index (κ2) is 5.44. The van der Waals surface area contributed by atoms with Gasteiger partial charge in [0.15, 0.2) is 0 Å². The molecule has 1 aromatic carbocycles. The first-order chi connectivity index (χ1) is 9.67. The molecule has 1 aliphatic heterocycles. The Hall–Kier alpha value is -1.55. The van der Waals surface area contributed by atoms with Crippen molar-refractivity contribution in [3.05, 3.63) is 30.3 Å². The number of rotatable bonds is 3. The zero-order valence-corrected chi connectivity index (χ0v) is 11.8. The van der Waals surface area contributed by atoms with Gasteiger partial charge < -0.3 is 16.0 Å². The van der Waals surface area contributed by atoms with E-state index < -0.39 is 5.54 Å². The molecule has 2 fully saturated rings. The maximum Gasteiger partial charge on any atom is 0.240 e. The van der Waals surface area contributed by atoms with E-state index in [1.165, 1.54) is 5.69 Å². The number of nitrogens with two attached hydrogens (primary N) is 1. The minimum Gasteiger partial charge on any atom is -0.369 e. The Balaban J connectivity index is 1.57. The Kier molecular flexibility index (Phi) is 3.66. The molecular weight excluding hydrogens is 250 g/mol. The lowest BCUT2D eigenvalue weighted by Crippen LogP contribution is -2.54. The Morgan fingerprint density at radius 3 is 2.65 bits per heavy atom. The molecule has 1 unspecified atom stereocenters. The van der Waals surface area contributed by atoms with Crippen molar-refractivity contribution in [2.45, 2.75) is 43.7 Å². The van der Waals surface area contributed by atoms with E-state index in [0.29, 0.717) is 0 Å². The summed E-state index contributed by atoms with van der Waals surface area (Å²) in [4.78, 5) is 14.6. The van der Waals surface area contributed by atoms with E-state index in [0.717, 1.165) is 45.2 Å². The van der Waals surface area contributed by atoms with E-state index in [2.05, 4.69) is 34.5 Å². The third kappa shape index (κ3) is 2.66. The minimum absolute atomic E-state index is 0.0508. The summed E-state index contributed by atoms with van der Waals surface area (Å²) in [5.41, 5.74) is 6.82. The highest BCUT2D eigenvalue weighted by Gasteiger charge is 2.38. The van der Waals surface area contributed by atoms with Gasteiger partial charge in [-0.3, -0.25) is 4.79 Å². The van der Waals surface area contributed by atoms with Crippen LogP contribution in [-0.4, -0.2) is 30.6 Å². The number of anilines is 1. The van der Waals surface area contributed by atoms with Crippen molar-refractivity contribution < 1.29 is 4.79 Å². The molecule has 4 heteroatoms. The van der Waals surface area contributed by atoms with Crippen LogP contribution in [0.25, 0.3) is 0 Å². The Bertz CT molecular complexity index is 468. The van der Waals surface area contributed by atoms with Crippen molar-refractivity contribution in [1.82, 2.24) is 5.32 Å². The van der Waals surface area contributed by atoms with Gasteiger partial charge in [0.2, 0.25) is 5.91 Å². The smallest absolute Gasteiger partial charge is 0.240 e. The molecule has 2 aliphatic rings. The number of carbonyl (C=O) groups is 1. The van der Waals surface area contributed by atoms with Gasteiger partial charge in [-0.05, 0) is 31.4 Å². The average molecular weight is 273 g/mol. The molecule has 1 saturated carbocycles. The molecule has 1 aliphatic carbocycles. The number of para-hydroxylation sites is 1. The second-order valence-corrected chi connectivity index (χ2v) is 6.10. The zero-order valence-electron chi connectivity index (χ0n) is 11.8. The van der Waals surface area contributed by atoms with E-state index >= 15 is 0 Å². The Morgan fingerprint density at radius 1 is 1.25 bits per heavy atom. The normalized spacial score (nSPS) is 24.9. The number of amides is 1. The van der Waals surface area contributed by atoms with Crippen molar-refractivity contribution in [1.29, 1.82) is 0 Å². The van der Waals surface area contributed by atoms with Crippen LogP contribution in [0.3, 0.4) is 0 Å². The highest BCUT2D eigenvalue weighted by Crippen LogP contribution is 2.28. The lowest BCUT2D eigenvalue weighted by atomic mass is 9.97. The predicted octanol–water partition coefficient (Wildman–Crippen LogP) is 1.65. The number of hydrogen-bond donors (Lipinski definition) is 2. The minimum atomic E-state index is -0.611. The number of benzene rings is 1. The van der Waals surface area contributed by atoms with Crippen LogP contribution >= 0.6 is 0 Å². The second-order valence-electron chi connectivity index (χ2n) is 6.10. The van der Waals surface area contributed by atoms with Crippen LogP contribution < -0.4 is 16.0 Å². The number of nitrogens with zero attached hydrogens (tertiary/aromatic N) is 1. The third-order valence-corrected chi connectivity index (χ3v) is 4.59. The predicted molar refractivity (Wildman–Crippen MR) is 80.6 cm³/mol. The highest BCUT2D eigenvalue weighted by molar-refractivity contribution is 5.86. The summed E-state index contributed by atoms with van der Waals surface area (Å²) in [5.74, 6) is 0.0508. The number of nitrogens with one attached hydrogen (secondary N) is 1. The van der Waals surface area contributed by atoms with Gasteiger partial charge in [0.05, 0.1) is 5.54 Å². The first-order valence-corrected chi connectivity index (χ1v) is 7.57. The van der Waals surface area contributed by atoms with E-state index in [9.17, 15) is 4.79 Å². The van der Waals surface area contributed by atoms with Gasteiger partial charge in [0, 0.05) is 24.8 Å². The molecule has 1 atom stereocenters. The van der Waals surface area contributed by atoms with Crippen molar-refractivity contribution in [3.63, 3.8) is 0 Å². The van der Waals surface area contributed by atoms with Crippen LogP contribution in [0.1, 0.15) is 32.1 Å². The van der Waals surface area contributed by atoms with Crippen LogP contribution in [0, 0.1) is 0 Å². The molecule has 0 aromatic heterocycles. The molecule has 1 saturated heterocycles. The van der Waals surface area contributed by atoms with Gasteiger partial charge in [0.1, 0.15) is 0 Å². The zero-order chi connectivity index (χ0) is 14.0. The number of hydrogen-bond acceptors (Lipinski definition) is 3. The quantitative estimate of drug-likeness (QED) is 0.880. The molecule has 0 spiro atoms. The topological polar surface area (TPSA) is 58.4 Å². The first-order valence-electron chi connectivity index (χ1n) is 7.57. The van der Waals surface area contributed by atoms with Gasteiger partial charge >= 0.3 is 0 Å². The summed E-state index contributed by atoms with van der Waals surface area (Å²) in [6.07, 6.45) is 4.80. The van der Waals surface area contributed by atoms with E-state index in [1.807, 2.05) is 6.07 Å². The van der Waals surface area contributed by atoms with Crippen LogP contribution in [0.4, 0.5) is 5.69 Å². The van der Waals surface area contributed by atoms with Gasteiger partial charge in [-0.1, -0.05) is 31.0 Å². The van der Waals surface area contributed by atoms with Crippen LogP contribution in [-0.2, 0) is 4.79 Å². The summed E-state index contributed by atoms with van der Waals surface area (Å²) in [6, 6.07) is 10.6. The fraction of sp³-hybridized carbons (Fsp3) is 0.562. The Labute approximate surface area is 120 Å². The van der Waals surface area contributed by atoms with Crippen LogP contribution in [0.2, 0.25) is 0 Å². The Morgan fingerprint density at radius 2 is 1.95 bits per heavy atom. The molecule has 0 bridgehead atoms. The molecule has 0 radical (unpaired) electrons. The van der Waals surface area contributed by atoms with E-state index in [1.54, 1.807) is 0 Å². The molecule has 1 heterocycles. The molecule has 108 valence electrons. The lowest BCUT2D eigenvalue weighted by molar-refractivity contribution is -0.126. The summed E-state index contributed by atoms with van der Waals surface area (Å²) in [5, 5.41) is 3.16. The highest BCUT2D eigenvalue weighted by atomic mass is 16.2. The summed E-state index contributed by atoms with van der Waals surface area (Å²) >= 11 is 0. The van der Waals surface area contributed by atoms with Gasteiger partial charge in [0.25, 0.3) is 0 Å². The van der Waals surface area contributed by atoms with Crippen molar-refractivity contribution in [3.8, 4) is 0 Å². The molecule has 20 heavy (non-hydrogen) atoms. The van der Waals surface area contributed by atoms with Crippen LogP contribution in [0.5, 0.6) is 0 Å². The summed E-state index contributed by atoms with van der Waals surface area (Å²) in [6.45, 7) is 1.87. The average Bonchev–Trinajstić information content (AvgIpc) is 3.10. The monoisotopic (exact) mass is 273 g/mol. The molecule has 1 aromatic rings. The third-order valence-electron chi connectivity index (χ3n) is 4.59. The van der Waals surface area contributed by atoms with Gasteiger partial charge in [-0.2, -0.15) is 0 Å².